The number of carbonyl (C=O) groups excluding carboxylic acids is 2. The van der Waals surface area contributed by atoms with Gasteiger partial charge in [0.15, 0.2) is 0 Å². The van der Waals surface area contributed by atoms with Crippen LogP contribution in [0.2, 0.25) is 5.02 Å². The lowest BCUT2D eigenvalue weighted by Gasteiger charge is -2.17. The van der Waals surface area contributed by atoms with Gasteiger partial charge < -0.3 is 11.1 Å². The first-order valence-corrected chi connectivity index (χ1v) is 11.6. The number of fused-ring (bicyclic) bond motifs is 1. The molecule has 2 amide bonds. The second-order valence-electron chi connectivity index (χ2n) is 7.82. The number of pyridine rings is 1. The number of alkyl halides is 3. The van der Waals surface area contributed by atoms with Crippen molar-refractivity contribution in [3.63, 3.8) is 0 Å². The summed E-state index contributed by atoms with van der Waals surface area (Å²) in [6.07, 6.45) is -1.53. The number of nitrogens with zero attached hydrogens (tertiary/aromatic N) is 3. The Kier molecular flexibility index (Phi) is 6.56. The van der Waals surface area contributed by atoms with Crippen LogP contribution in [0, 0.1) is 6.92 Å². The number of nitrogens with two attached hydrogens (primary N) is 1. The number of hydrogen-bond donors (Lipinski definition) is 2. The molecule has 0 saturated heterocycles. The van der Waals surface area contributed by atoms with Crippen LogP contribution in [0.1, 0.15) is 40.3 Å². The number of aryl methyl sites for hydroxylation is 1. The molecule has 4 rings (SSSR count). The number of carbonyl (C=O) groups is 2. The van der Waals surface area contributed by atoms with Crippen molar-refractivity contribution in [3.8, 4) is 11.1 Å². The van der Waals surface area contributed by atoms with Gasteiger partial charge in [-0.3, -0.25) is 14.3 Å². The molecule has 4 aromatic rings. The van der Waals surface area contributed by atoms with E-state index in [0.717, 1.165) is 11.6 Å². The molecule has 0 aliphatic heterocycles. The van der Waals surface area contributed by atoms with E-state index in [2.05, 4.69) is 15.4 Å². The summed E-state index contributed by atoms with van der Waals surface area (Å²) in [7, 11) is 0. The molecule has 0 aliphatic rings. The van der Waals surface area contributed by atoms with Gasteiger partial charge in [-0.25, -0.2) is 4.98 Å². The Morgan fingerprint density at radius 1 is 1.26 bits per heavy atom. The lowest BCUT2D eigenvalue weighted by atomic mass is 10.00. The molecule has 1 aromatic carbocycles. The summed E-state index contributed by atoms with van der Waals surface area (Å²) in [5, 5.41) is 7.30. The second-order valence-corrected chi connectivity index (χ2v) is 9.26. The van der Waals surface area contributed by atoms with Crippen molar-refractivity contribution in [2.24, 2.45) is 5.73 Å². The molecule has 1 unspecified atom stereocenters. The Morgan fingerprint density at radius 3 is 2.49 bits per heavy atom. The maximum Gasteiger partial charge on any atom is 0.433 e. The Balaban J connectivity index is 1.93. The number of hydrogen-bond acceptors (Lipinski definition) is 5. The lowest BCUT2D eigenvalue weighted by Crippen LogP contribution is -2.27. The van der Waals surface area contributed by atoms with Gasteiger partial charge in [0.25, 0.3) is 5.91 Å². The molecule has 0 bridgehead atoms. The summed E-state index contributed by atoms with van der Waals surface area (Å²) in [5.41, 5.74) is 5.98. The van der Waals surface area contributed by atoms with Crippen molar-refractivity contribution in [1.82, 2.24) is 14.8 Å². The van der Waals surface area contributed by atoms with Crippen LogP contribution in [0.3, 0.4) is 0 Å². The van der Waals surface area contributed by atoms with E-state index in [1.54, 1.807) is 31.2 Å². The topological polar surface area (TPSA) is 103 Å². The Hall–Kier alpha value is -3.44. The Labute approximate surface area is 206 Å². The number of aromatic nitrogens is 3. The van der Waals surface area contributed by atoms with Gasteiger partial charge in [0.1, 0.15) is 21.4 Å². The zero-order valence-corrected chi connectivity index (χ0v) is 20.1. The van der Waals surface area contributed by atoms with Crippen molar-refractivity contribution in [2.75, 3.05) is 5.32 Å². The van der Waals surface area contributed by atoms with Crippen LogP contribution in [0.4, 0.5) is 18.9 Å². The lowest BCUT2D eigenvalue weighted by molar-refractivity contribution is -0.140. The summed E-state index contributed by atoms with van der Waals surface area (Å²) in [5.74, 6) is -1.44. The minimum Gasteiger partial charge on any atom is -0.365 e. The van der Waals surface area contributed by atoms with Crippen LogP contribution in [0.15, 0.2) is 42.7 Å². The maximum atomic E-state index is 13.7. The number of amides is 2. The van der Waals surface area contributed by atoms with Crippen LogP contribution in [-0.2, 0) is 11.0 Å². The van der Waals surface area contributed by atoms with E-state index >= 15 is 0 Å². The summed E-state index contributed by atoms with van der Waals surface area (Å²) >= 11 is 6.62. The molecule has 12 heteroatoms. The van der Waals surface area contributed by atoms with Crippen molar-refractivity contribution in [2.45, 2.75) is 32.5 Å². The van der Waals surface area contributed by atoms with E-state index in [0.29, 0.717) is 28.3 Å². The third-order valence-corrected chi connectivity index (χ3v) is 6.66. The highest BCUT2D eigenvalue weighted by Crippen LogP contribution is 2.44. The van der Waals surface area contributed by atoms with Gasteiger partial charge in [0, 0.05) is 11.6 Å². The van der Waals surface area contributed by atoms with Gasteiger partial charge in [0.2, 0.25) is 5.91 Å². The van der Waals surface area contributed by atoms with Crippen LogP contribution >= 0.6 is 22.9 Å². The van der Waals surface area contributed by atoms with E-state index < -0.39 is 29.7 Å². The molecule has 0 fully saturated rings. The molecule has 1 atom stereocenters. The molecule has 0 aliphatic carbocycles. The highest BCUT2D eigenvalue weighted by molar-refractivity contribution is 7.21. The highest BCUT2D eigenvalue weighted by Gasteiger charge is 2.35. The molecule has 7 nitrogen and oxygen atoms in total. The highest BCUT2D eigenvalue weighted by atomic mass is 35.5. The Morgan fingerprint density at radius 2 is 1.94 bits per heavy atom. The third-order valence-electron chi connectivity index (χ3n) is 5.37. The molecule has 35 heavy (non-hydrogen) atoms. The molecule has 0 radical (unpaired) electrons. The maximum absolute atomic E-state index is 13.7. The smallest absolute Gasteiger partial charge is 0.365 e. The molecule has 3 heterocycles. The minimum atomic E-state index is -4.72. The van der Waals surface area contributed by atoms with Gasteiger partial charge in [0.05, 0.1) is 16.9 Å². The molecule has 3 N–H and O–H groups in total. The summed E-state index contributed by atoms with van der Waals surface area (Å²) < 4.78 is 42.3. The van der Waals surface area contributed by atoms with Crippen molar-refractivity contribution < 1.29 is 22.8 Å². The van der Waals surface area contributed by atoms with Gasteiger partial charge in [-0.05, 0) is 30.5 Å². The van der Waals surface area contributed by atoms with Crippen LogP contribution in [0.25, 0.3) is 21.3 Å². The number of rotatable bonds is 6. The largest absolute Gasteiger partial charge is 0.433 e. The standard InChI is InChI=1S/C23H19ClF3N5O2S/c1-3-15(32-10-13(24)9-29-32)21(34)31-18-17-14(12-6-4-11(2)5-7-12)8-16(23(25,26)27)30-22(17)35-19(18)20(28)33/h4-10,15H,3H2,1-2H3,(H2,28,33)(H,31,34). The van der Waals surface area contributed by atoms with Gasteiger partial charge >= 0.3 is 6.18 Å². The molecule has 3 aromatic heterocycles. The summed E-state index contributed by atoms with van der Waals surface area (Å²) in [6.45, 7) is 3.61. The van der Waals surface area contributed by atoms with E-state index in [4.69, 9.17) is 17.3 Å². The van der Waals surface area contributed by atoms with Crippen LogP contribution in [-0.4, -0.2) is 26.6 Å². The van der Waals surface area contributed by atoms with Gasteiger partial charge in [-0.15, -0.1) is 11.3 Å². The average molecular weight is 522 g/mol. The van der Waals surface area contributed by atoms with E-state index in [1.807, 2.05) is 6.92 Å². The fraction of sp³-hybridized carbons (Fsp3) is 0.217. The van der Waals surface area contributed by atoms with E-state index in [9.17, 15) is 22.8 Å². The molecule has 0 spiro atoms. The van der Waals surface area contributed by atoms with Gasteiger partial charge in [-0.2, -0.15) is 18.3 Å². The van der Waals surface area contributed by atoms with Crippen molar-refractivity contribution >= 4 is 50.7 Å². The monoisotopic (exact) mass is 521 g/mol. The quantitative estimate of drug-likeness (QED) is 0.333. The fourth-order valence-corrected chi connectivity index (χ4v) is 4.83. The third kappa shape index (κ3) is 4.87. The number of thiophene rings is 1. The predicted molar refractivity (Wildman–Crippen MR) is 129 cm³/mol. The first-order chi connectivity index (χ1) is 16.5. The normalized spacial score (nSPS) is 12.6. The van der Waals surface area contributed by atoms with E-state index in [1.165, 1.54) is 17.1 Å². The Bertz CT molecular complexity index is 1430. The number of benzene rings is 1. The van der Waals surface area contributed by atoms with Crippen molar-refractivity contribution in [1.29, 1.82) is 0 Å². The summed E-state index contributed by atoms with van der Waals surface area (Å²) in [4.78, 5) is 29.0. The van der Waals surface area contributed by atoms with Crippen molar-refractivity contribution in [3.05, 3.63) is 63.9 Å². The number of nitrogens with one attached hydrogen (secondary N) is 1. The average Bonchev–Trinajstić information content (AvgIpc) is 3.37. The zero-order chi connectivity index (χ0) is 25.5. The second kappa shape index (κ2) is 9.31. The fourth-order valence-electron chi connectivity index (χ4n) is 3.68. The first-order valence-electron chi connectivity index (χ1n) is 10.4. The van der Waals surface area contributed by atoms with Gasteiger partial charge in [-0.1, -0.05) is 48.4 Å². The molecular weight excluding hydrogens is 503 g/mol. The number of halogens is 4. The predicted octanol–water partition coefficient (Wildman–Crippen LogP) is 5.83. The summed E-state index contributed by atoms with van der Waals surface area (Å²) in [6, 6.07) is 6.95. The zero-order valence-electron chi connectivity index (χ0n) is 18.5. The molecule has 0 saturated carbocycles. The molecular formula is C23H19ClF3N5O2S. The van der Waals surface area contributed by atoms with Crippen LogP contribution < -0.4 is 11.1 Å². The molecule has 182 valence electrons. The minimum absolute atomic E-state index is 0.0102. The SMILES string of the molecule is CCC(C(=O)Nc1c(C(N)=O)sc2nc(C(F)(F)F)cc(-c3ccc(C)cc3)c12)n1cc(Cl)cn1. The van der Waals surface area contributed by atoms with Crippen LogP contribution in [0.5, 0.6) is 0 Å². The number of anilines is 1. The van der Waals surface area contributed by atoms with E-state index in [-0.39, 0.29) is 26.3 Å². The number of primary amides is 1. The first kappa shape index (κ1) is 24.7.